The normalized spacial score (nSPS) is 15.4. The number of amides is 2. The van der Waals surface area contributed by atoms with Crippen molar-refractivity contribution < 1.29 is 18.7 Å². The summed E-state index contributed by atoms with van der Waals surface area (Å²) in [5.41, 5.74) is 2.72. The number of hydrogen-bond acceptors (Lipinski definition) is 7. The van der Waals surface area contributed by atoms with Crippen LogP contribution in [-0.2, 0) is 16.1 Å². The smallest absolute Gasteiger partial charge is 0.414 e. The first-order valence-electron chi connectivity index (χ1n) is 10.8. The van der Waals surface area contributed by atoms with Crippen molar-refractivity contribution in [3.8, 4) is 11.1 Å². The van der Waals surface area contributed by atoms with E-state index in [0.717, 1.165) is 28.5 Å². The first-order valence-corrected chi connectivity index (χ1v) is 11.8. The number of H-pyrrole nitrogens is 1. The summed E-state index contributed by atoms with van der Waals surface area (Å²) in [6, 6.07) is 12.4. The van der Waals surface area contributed by atoms with E-state index in [1.165, 1.54) is 17.9 Å². The highest BCUT2D eigenvalue weighted by Gasteiger charge is 2.32. The number of aromatic nitrogens is 3. The van der Waals surface area contributed by atoms with Gasteiger partial charge in [0.15, 0.2) is 0 Å². The van der Waals surface area contributed by atoms with Gasteiger partial charge in [-0.3, -0.25) is 14.8 Å². The maximum absolute atomic E-state index is 14.9. The molecule has 3 N–H and O–H groups in total. The van der Waals surface area contributed by atoms with Crippen LogP contribution in [-0.4, -0.2) is 58.9 Å². The third-order valence-electron chi connectivity index (χ3n) is 5.24. The summed E-state index contributed by atoms with van der Waals surface area (Å²) >= 11 is 1.64. The second-order valence-electron chi connectivity index (χ2n) is 7.76. The number of carbonyl (C=O) groups excluding carboxylic acids is 2. The van der Waals surface area contributed by atoms with E-state index in [1.54, 1.807) is 30.1 Å². The van der Waals surface area contributed by atoms with Crippen LogP contribution in [0.25, 0.3) is 11.1 Å². The highest BCUT2D eigenvalue weighted by atomic mass is 32.2. The number of hydrogen-bond donors (Lipinski definition) is 3. The van der Waals surface area contributed by atoms with Crippen LogP contribution in [0.3, 0.4) is 0 Å². The Labute approximate surface area is 200 Å². The Morgan fingerprint density at radius 3 is 2.82 bits per heavy atom. The number of nitrogens with zero attached hydrogens (tertiary/aromatic N) is 3. The molecular weight excluding hydrogens is 459 g/mol. The van der Waals surface area contributed by atoms with Gasteiger partial charge in [0.25, 0.3) is 0 Å². The van der Waals surface area contributed by atoms with Crippen LogP contribution in [0.2, 0.25) is 0 Å². The lowest BCUT2D eigenvalue weighted by Gasteiger charge is -2.15. The van der Waals surface area contributed by atoms with E-state index in [4.69, 9.17) is 4.74 Å². The summed E-state index contributed by atoms with van der Waals surface area (Å²) < 4.78 is 20.2. The molecule has 1 aliphatic rings. The Hall–Kier alpha value is -3.44. The van der Waals surface area contributed by atoms with Gasteiger partial charge in [-0.2, -0.15) is 0 Å². The van der Waals surface area contributed by atoms with Crippen molar-refractivity contribution in [3.63, 3.8) is 0 Å². The fourth-order valence-electron chi connectivity index (χ4n) is 3.53. The standard InChI is InChI=1S/C23H25FN6O3S/c1-15(31)26-12-19-14-30(23(32)33-19)18-6-7-20(21(24)10-18)17-4-2-16(3-5-17)11-25-8-9-34-22-13-27-29-28-22/h2-7,10,13,19,25H,8-9,11-12,14H2,1H3,(H,26,31)(H,27,28,29). The van der Waals surface area contributed by atoms with Crippen molar-refractivity contribution in [1.82, 2.24) is 26.0 Å². The molecular formula is C23H25FN6O3S. The Balaban J connectivity index is 1.31. The maximum Gasteiger partial charge on any atom is 0.414 e. The Morgan fingerprint density at radius 2 is 2.12 bits per heavy atom. The van der Waals surface area contributed by atoms with Gasteiger partial charge in [-0.15, -0.1) is 16.9 Å². The largest absolute Gasteiger partial charge is 0.442 e. The van der Waals surface area contributed by atoms with Crippen LogP contribution in [0, 0.1) is 5.82 Å². The summed E-state index contributed by atoms with van der Waals surface area (Å²) in [5, 5.41) is 17.2. The predicted molar refractivity (Wildman–Crippen MR) is 127 cm³/mol. The van der Waals surface area contributed by atoms with Crippen LogP contribution in [0.4, 0.5) is 14.9 Å². The number of benzene rings is 2. The second kappa shape index (κ2) is 11.1. The van der Waals surface area contributed by atoms with E-state index in [1.807, 2.05) is 24.3 Å². The molecule has 4 rings (SSSR count). The van der Waals surface area contributed by atoms with Crippen LogP contribution in [0.15, 0.2) is 53.7 Å². The van der Waals surface area contributed by atoms with Gasteiger partial charge in [0.1, 0.15) is 16.9 Å². The summed E-state index contributed by atoms with van der Waals surface area (Å²) in [6.07, 6.45) is 0.664. The number of cyclic esters (lactones) is 1. The number of thioether (sulfide) groups is 1. The van der Waals surface area contributed by atoms with E-state index in [-0.39, 0.29) is 19.0 Å². The van der Waals surface area contributed by atoms with E-state index in [2.05, 4.69) is 26.0 Å². The van der Waals surface area contributed by atoms with E-state index >= 15 is 0 Å². The maximum atomic E-state index is 14.9. The zero-order valence-corrected chi connectivity index (χ0v) is 19.4. The number of anilines is 1. The van der Waals surface area contributed by atoms with Gasteiger partial charge in [-0.1, -0.05) is 29.5 Å². The van der Waals surface area contributed by atoms with Crippen molar-refractivity contribution in [3.05, 3.63) is 60.0 Å². The predicted octanol–water partition coefficient (Wildman–Crippen LogP) is 2.95. The molecule has 3 aromatic rings. The number of halogens is 1. The van der Waals surface area contributed by atoms with Crippen molar-refractivity contribution >= 4 is 29.4 Å². The minimum Gasteiger partial charge on any atom is -0.442 e. The molecule has 0 aliphatic carbocycles. The van der Waals surface area contributed by atoms with Crippen molar-refractivity contribution in [2.24, 2.45) is 0 Å². The molecule has 2 amide bonds. The Morgan fingerprint density at radius 1 is 1.29 bits per heavy atom. The van der Waals surface area contributed by atoms with Gasteiger partial charge in [-0.25, -0.2) is 9.18 Å². The van der Waals surface area contributed by atoms with Crippen LogP contribution in [0.5, 0.6) is 0 Å². The minimum atomic E-state index is -0.556. The van der Waals surface area contributed by atoms with E-state index < -0.39 is 18.0 Å². The molecule has 11 heteroatoms. The molecule has 34 heavy (non-hydrogen) atoms. The molecule has 0 saturated carbocycles. The molecule has 1 atom stereocenters. The van der Waals surface area contributed by atoms with Crippen LogP contribution >= 0.6 is 11.8 Å². The van der Waals surface area contributed by atoms with Gasteiger partial charge in [-0.05, 0) is 29.3 Å². The molecule has 0 spiro atoms. The number of rotatable bonds is 10. The molecule has 0 bridgehead atoms. The highest BCUT2D eigenvalue weighted by Crippen LogP contribution is 2.29. The first-order chi connectivity index (χ1) is 16.5. The molecule has 1 aromatic heterocycles. The highest BCUT2D eigenvalue weighted by molar-refractivity contribution is 7.99. The van der Waals surface area contributed by atoms with Crippen LogP contribution < -0.4 is 15.5 Å². The SMILES string of the molecule is CC(=O)NCC1CN(c2ccc(-c3ccc(CNCCSc4cnn[nH]4)cc3)c(F)c2)C(=O)O1. The molecule has 1 fully saturated rings. The molecule has 1 aliphatic heterocycles. The average molecular weight is 485 g/mol. The quantitative estimate of drug-likeness (QED) is 0.300. The molecule has 178 valence electrons. The van der Waals surface area contributed by atoms with Gasteiger partial charge >= 0.3 is 6.09 Å². The molecule has 0 radical (unpaired) electrons. The molecule has 2 aromatic carbocycles. The van der Waals surface area contributed by atoms with Crippen molar-refractivity contribution in [2.45, 2.75) is 24.6 Å². The Kier molecular flexibility index (Phi) is 7.76. The third-order valence-corrected chi connectivity index (χ3v) is 6.16. The number of carbonyl (C=O) groups is 2. The number of ether oxygens (including phenoxy) is 1. The molecule has 1 unspecified atom stereocenters. The molecule has 2 heterocycles. The van der Waals surface area contributed by atoms with E-state index in [0.29, 0.717) is 17.8 Å². The Bertz CT molecular complexity index is 1130. The van der Waals surface area contributed by atoms with Crippen molar-refractivity contribution in [1.29, 1.82) is 0 Å². The fraction of sp³-hybridized carbons (Fsp3) is 0.304. The lowest BCUT2D eigenvalue weighted by molar-refractivity contribution is -0.119. The molecule has 1 saturated heterocycles. The lowest BCUT2D eigenvalue weighted by Crippen LogP contribution is -2.33. The number of nitrogens with one attached hydrogen (secondary N) is 3. The monoisotopic (exact) mass is 484 g/mol. The summed E-state index contributed by atoms with van der Waals surface area (Å²) in [6.45, 7) is 3.40. The van der Waals surface area contributed by atoms with E-state index in [9.17, 15) is 14.0 Å². The fourth-order valence-corrected chi connectivity index (χ4v) is 4.22. The van der Waals surface area contributed by atoms with Crippen molar-refractivity contribution in [2.75, 3.05) is 30.3 Å². The minimum absolute atomic E-state index is 0.200. The topological polar surface area (TPSA) is 112 Å². The third kappa shape index (κ3) is 6.12. The summed E-state index contributed by atoms with van der Waals surface area (Å²) in [7, 11) is 0. The van der Waals surface area contributed by atoms with Gasteiger partial charge in [0.05, 0.1) is 25.0 Å². The summed E-state index contributed by atoms with van der Waals surface area (Å²) in [4.78, 5) is 24.6. The average Bonchev–Trinajstić information content (AvgIpc) is 3.47. The lowest BCUT2D eigenvalue weighted by atomic mass is 10.0. The van der Waals surface area contributed by atoms with Gasteiger partial charge in [0, 0.05) is 31.3 Å². The first kappa shape index (κ1) is 23.7. The van der Waals surface area contributed by atoms with Gasteiger partial charge < -0.3 is 15.4 Å². The second-order valence-corrected chi connectivity index (χ2v) is 8.90. The van der Waals surface area contributed by atoms with Gasteiger partial charge in [0.2, 0.25) is 5.91 Å². The zero-order valence-electron chi connectivity index (χ0n) is 18.6. The number of aromatic amines is 1. The molecule has 9 nitrogen and oxygen atoms in total. The summed E-state index contributed by atoms with van der Waals surface area (Å²) in [5.74, 6) is 0.262. The van der Waals surface area contributed by atoms with Crippen LogP contribution in [0.1, 0.15) is 12.5 Å². The zero-order chi connectivity index (χ0) is 23.9.